The van der Waals surface area contributed by atoms with Crippen molar-refractivity contribution in [2.24, 2.45) is 5.92 Å². The van der Waals surface area contributed by atoms with Crippen molar-refractivity contribution in [1.82, 2.24) is 4.90 Å². The maximum absolute atomic E-state index is 11.5. The van der Waals surface area contributed by atoms with E-state index in [9.17, 15) is 4.79 Å². The van der Waals surface area contributed by atoms with E-state index < -0.39 is 0 Å². The Morgan fingerprint density at radius 3 is 2.53 bits per heavy atom. The van der Waals surface area contributed by atoms with Gasteiger partial charge in [0, 0.05) is 20.3 Å². The molecule has 0 saturated heterocycles. The van der Waals surface area contributed by atoms with Gasteiger partial charge in [-0.15, -0.1) is 0 Å². The van der Waals surface area contributed by atoms with E-state index in [2.05, 4.69) is 6.58 Å². The van der Waals surface area contributed by atoms with Gasteiger partial charge in [-0.3, -0.25) is 0 Å². The predicted octanol–water partition coefficient (Wildman–Crippen LogP) is 1.96. The van der Waals surface area contributed by atoms with E-state index >= 15 is 0 Å². The van der Waals surface area contributed by atoms with Gasteiger partial charge < -0.3 is 9.64 Å². The van der Waals surface area contributed by atoms with Crippen LogP contribution in [0.1, 0.15) is 19.8 Å². The number of rotatable bonds is 5. The van der Waals surface area contributed by atoms with E-state index in [-0.39, 0.29) is 5.97 Å². The zero-order valence-electron chi connectivity index (χ0n) is 9.75. The summed E-state index contributed by atoms with van der Waals surface area (Å²) in [6.07, 6.45) is 4.27. The summed E-state index contributed by atoms with van der Waals surface area (Å²) in [5.41, 5.74) is 1.53. The molecule has 0 aromatic carbocycles. The Morgan fingerprint density at radius 2 is 2.13 bits per heavy atom. The van der Waals surface area contributed by atoms with Gasteiger partial charge in [0.15, 0.2) is 0 Å². The first-order valence-corrected chi connectivity index (χ1v) is 5.30. The summed E-state index contributed by atoms with van der Waals surface area (Å²) in [6, 6.07) is 0. The third-order valence-electron chi connectivity index (χ3n) is 2.28. The highest BCUT2D eigenvalue weighted by Crippen LogP contribution is 2.39. The Bertz CT molecular complexity index is 288. The van der Waals surface area contributed by atoms with Crippen LogP contribution in [0, 0.1) is 5.92 Å². The molecule has 0 amide bonds. The summed E-state index contributed by atoms with van der Waals surface area (Å²) < 4.78 is 4.95. The molecule has 0 N–H and O–H groups in total. The third kappa shape index (κ3) is 3.42. The van der Waals surface area contributed by atoms with Crippen LogP contribution in [0.5, 0.6) is 0 Å². The SMILES string of the molecule is C=C(C(=O)OCC)/C(=C/N(C)C)C1CC1. The van der Waals surface area contributed by atoms with Crippen molar-refractivity contribution in [3.8, 4) is 0 Å². The molecule has 0 aromatic heterocycles. The molecule has 0 spiro atoms. The second-order valence-electron chi connectivity index (χ2n) is 4.02. The average Bonchev–Trinajstić information content (AvgIpc) is 2.96. The number of esters is 1. The van der Waals surface area contributed by atoms with Gasteiger partial charge >= 0.3 is 5.97 Å². The van der Waals surface area contributed by atoms with Crippen LogP contribution in [0.2, 0.25) is 0 Å². The van der Waals surface area contributed by atoms with Gasteiger partial charge in [-0.25, -0.2) is 4.79 Å². The van der Waals surface area contributed by atoms with Crippen molar-refractivity contribution >= 4 is 5.97 Å². The highest BCUT2D eigenvalue weighted by Gasteiger charge is 2.30. The zero-order valence-corrected chi connectivity index (χ0v) is 9.75. The van der Waals surface area contributed by atoms with Crippen LogP contribution in [0.4, 0.5) is 0 Å². The van der Waals surface area contributed by atoms with E-state index in [0.717, 1.165) is 18.4 Å². The van der Waals surface area contributed by atoms with E-state index in [1.807, 2.05) is 25.2 Å². The van der Waals surface area contributed by atoms with Gasteiger partial charge in [0.25, 0.3) is 0 Å². The van der Waals surface area contributed by atoms with Crippen molar-refractivity contribution in [3.05, 3.63) is 23.9 Å². The minimum absolute atomic E-state index is 0.294. The van der Waals surface area contributed by atoms with E-state index in [4.69, 9.17) is 4.74 Å². The van der Waals surface area contributed by atoms with Gasteiger partial charge in [-0.05, 0) is 31.3 Å². The molecule has 3 heteroatoms. The molecule has 84 valence electrons. The van der Waals surface area contributed by atoms with Gasteiger partial charge in [0.2, 0.25) is 0 Å². The lowest BCUT2D eigenvalue weighted by Gasteiger charge is -2.13. The van der Waals surface area contributed by atoms with Crippen molar-refractivity contribution in [2.75, 3.05) is 20.7 Å². The van der Waals surface area contributed by atoms with E-state index in [1.54, 1.807) is 6.92 Å². The first kappa shape index (κ1) is 11.8. The quantitative estimate of drug-likeness (QED) is 0.394. The monoisotopic (exact) mass is 209 g/mol. The first-order chi connectivity index (χ1) is 7.06. The summed E-state index contributed by atoms with van der Waals surface area (Å²) in [7, 11) is 3.89. The van der Waals surface area contributed by atoms with E-state index in [0.29, 0.717) is 18.1 Å². The number of ether oxygens (including phenoxy) is 1. The minimum Gasteiger partial charge on any atom is -0.462 e. The Kier molecular flexibility index (Phi) is 3.95. The molecule has 0 bridgehead atoms. The van der Waals surface area contributed by atoms with Crippen LogP contribution >= 0.6 is 0 Å². The smallest absolute Gasteiger partial charge is 0.337 e. The van der Waals surface area contributed by atoms with Gasteiger partial charge in [0.1, 0.15) is 0 Å². The number of carbonyl (C=O) groups is 1. The molecule has 1 aliphatic rings. The largest absolute Gasteiger partial charge is 0.462 e. The van der Waals surface area contributed by atoms with Crippen LogP contribution in [0.25, 0.3) is 0 Å². The Hall–Kier alpha value is -1.25. The average molecular weight is 209 g/mol. The minimum atomic E-state index is -0.294. The molecule has 1 saturated carbocycles. The maximum Gasteiger partial charge on any atom is 0.337 e. The predicted molar refractivity (Wildman–Crippen MR) is 60.3 cm³/mol. The van der Waals surface area contributed by atoms with Gasteiger partial charge in [0.05, 0.1) is 12.2 Å². The molecule has 0 aliphatic heterocycles. The summed E-state index contributed by atoms with van der Waals surface area (Å²) in [6.45, 7) is 6.02. The number of hydrogen-bond donors (Lipinski definition) is 0. The summed E-state index contributed by atoms with van der Waals surface area (Å²) in [4.78, 5) is 13.5. The molecule has 0 radical (unpaired) electrons. The molecule has 0 heterocycles. The summed E-state index contributed by atoms with van der Waals surface area (Å²) in [5, 5.41) is 0. The molecular formula is C12H19NO2. The number of hydrogen-bond acceptors (Lipinski definition) is 3. The summed E-state index contributed by atoms with van der Waals surface area (Å²) >= 11 is 0. The lowest BCUT2D eigenvalue weighted by molar-refractivity contribution is -0.138. The van der Waals surface area contributed by atoms with Crippen LogP contribution in [-0.4, -0.2) is 31.6 Å². The molecule has 0 aromatic rings. The zero-order chi connectivity index (χ0) is 11.4. The van der Waals surface area contributed by atoms with Crippen molar-refractivity contribution in [3.63, 3.8) is 0 Å². The standard InChI is InChI=1S/C12H19NO2/c1-5-15-12(14)9(2)11(8-13(3)4)10-6-7-10/h8,10H,2,5-7H2,1,3-4H3/b11-8-. The maximum atomic E-state index is 11.5. The molecular weight excluding hydrogens is 190 g/mol. The molecule has 1 rings (SSSR count). The van der Waals surface area contributed by atoms with Crippen LogP contribution < -0.4 is 0 Å². The van der Waals surface area contributed by atoms with Crippen molar-refractivity contribution in [1.29, 1.82) is 0 Å². The Morgan fingerprint density at radius 1 is 1.53 bits per heavy atom. The molecule has 1 fully saturated rings. The van der Waals surface area contributed by atoms with Crippen molar-refractivity contribution in [2.45, 2.75) is 19.8 Å². The normalized spacial score (nSPS) is 16.1. The van der Waals surface area contributed by atoms with Crippen LogP contribution in [0.15, 0.2) is 23.9 Å². The van der Waals surface area contributed by atoms with Crippen molar-refractivity contribution < 1.29 is 9.53 Å². The topological polar surface area (TPSA) is 29.5 Å². The second-order valence-corrected chi connectivity index (χ2v) is 4.02. The first-order valence-electron chi connectivity index (χ1n) is 5.30. The third-order valence-corrected chi connectivity index (χ3v) is 2.28. The Balaban J connectivity index is 2.72. The number of nitrogens with zero attached hydrogens (tertiary/aromatic N) is 1. The molecule has 0 unspecified atom stereocenters. The summed E-state index contributed by atoms with van der Waals surface area (Å²) in [5.74, 6) is 0.210. The Labute approximate surface area is 91.4 Å². The fourth-order valence-electron chi connectivity index (χ4n) is 1.44. The number of carbonyl (C=O) groups excluding carboxylic acids is 1. The van der Waals surface area contributed by atoms with Crippen LogP contribution in [-0.2, 0) is 9.53 Å². The fraction of sp³-hybridized carbons (Fsp3) is 0.583. The second kappa shape index (κ2) is 5.01. The fourth-order valence-corrected chi connectivity index (χ4v) is 1.44. The molecule has 15 heavy (non-hydrogen) atoms. The lowest BCUT2D eigenvalue weighted by Crippen LogP contribution is -2.12. The molecule has 3 nitrogen and oxygen atoms in total. The highest BCUT2D eigenvalue weighted by atomic mass is 16.5. The lowest BCUT2D eigenvalue weighted by atomic mass is 10.0. The molecule has 1 aliphatic carbocycles. The molecule has 0 atom stereocenters. The highest BCUT2D eigenvalue weighted by molar-refractivity contribution is 5.92. The van der Waals surface area contributed by atoms with Gasteiger partial charge in [-0.2, -0.15) is 0 Å². The van der Waals surface area contributed by atoms with Crippen LogP contribution in [0.3, 0.4) is 0 Å². The van der Waals surface area contributed by atoms with E-state index in [1.165, 1.54) is 0 Å². The van der Waals surface area contributed by atoms with Gasteiger partial charge in [-0.1, -0.05) is 6.58 Å².